The number of nitrogens with two attached hydrogens (primary N) is 3. The summed E-state index contributed by atoms with van der Waals surface area (Å²) in [5, 5.41) is 37.3. The number of amides is 7. The summed E-state index contributed by atoms with van der Waals surface area (Å²) in [4.78, 5) is 126. The topological polar surface area (TPSA) is 427 Å². The Morgan fingerprint density at radius 3 is 1.07 bits per heavy atom. The first-order chi connectivity index (χ1) is 68.7. The molecule has 0 radical (unpaired) electrons. The number of likely N-dealkylation sites (tertiary alicyclic amines) is 4. The molecule has 2 aliphatic carbocycles. The predicted octanol–water partition coefficient (Wildman–Crippen LogP) is 11.4. The van der Waals surface area contributed by atoms with Crippen LogP contribution >= 0.6 is 15.9 Å². The summed E-state index contributed by atoms with van der Waals surface area (Å²) in [5.74, 6) is -1.73. The summed E-state index contributed by atoms with van der Waals surface area (Å²) in [6.07, 6.45) is 9.25. The van der Waals surface area contributed by atoms with Crippen LogP contribution in [-0.4, -0.2) is 256 Å². The van der Waals surface area contributed by atoms with Gasteiger partial charge in [-0.25, -0.2) is 14.4 Å². The smallest absolute Gasteiger partial charge is 0.410 e. The van der Waals surface area contributed by atoms with Gasteiger partial charge < -0.3 is 89.1 Å². The Labute approximate surface area is 840 Å². The molecule has 0 aromatic heterocycles. The van der Waals surface area contributed by atoms with Crippen molar-refractivity contribution < 1.29 is 72.0 Å². The quantitative estimate of drug-likeness (QED) is 0.00734. The predicted molar refractivity (Wildman–Crippen MR) is 554 cm³/mol. The maximum atomic E-state index is 13.0. The number of carbonyl (C=O) groups is 10. The molecule has 8 aromatic carbocycles. The highest BCUT2D eigenvalue weighted by Crippen LogP contribution is 2.46. The number of nitrogens with one attached hydrogen (secondary N) is 9. The van der Waals surface area contributed by atoms with Crippen LogP contribution in [0.2, 0.25) is 0 Å². The zero-order chi connectivity index (χ0) is 101. The molecule has 141 heavy (non-hydrogen) atoms. The number of carbonyl (C=O) groups excluding carboxylic acids is 9. The minimum atomic E-state index is -0.967. The second-order valence-corrected chi connectivity index (χ2v) is 36.2. The molecule has 15 rings (SSSR count). The van der Waals surface area contributed by atoms with E-state index in [4.69, 9.17) is 36.1 Å². The molecular weight excluding hydrogens is 1850 g/mol. The van der Waals surface area contributed by atoms with Gasteiger partial charge in [-0.15, -0.1) is 0 Å². The van der Waals surface area contributed by atoms with Crippen molar-refractivity contribution in [2.75, 3.05) is 125 Å². The highest BCUT2D eigenvalue weighted by atomic mass is 79.9. The molecule has 5 heterocycles. The van der Waals surface area contributed by atoms with Gasteiger partial charge >= 0.3 is 30.1 Å². The van der Waals surface area contributed by atoms with Crippen LogP contribution in [0.15, 0.2) is 218 Å². The van der Waals surface area contributed by atoms with Crippen molar-refractivity contribution in [1.29, 1.82) is 0 Å². The van der Waals surface area contributed by atoms with Crippen LogP contribution < -0.4 is 65.1 Å². The highest BCUT2D eigenvalue weighted by Gasteiger charge is 2.42. The van der Waals surface area contributed by atoms with Gasteiger partial charge in [-0.1, -0.05) is 255 Å². The number of esters is 2. The minimum absolute atomic E-state index is 0.00626. The van der Waals surface area contributed by atoms with E-state index in [9.17, 15) is 53.1 Å². The molecule has 0 spiro atoms. The number of carboxylic acids is 1. The van der Waals surface area contributed by atoms with Gasteiger partial charge in [0, 0.05) is 117 Å². The first-order valence-electron chi connectivity index (χ1n) is 50.2. The van der Waals surface area contributed by atoms with E-state index in [-0.39, 0.29) is 102 Å². The third kappa shape index (κ3) is 36.0. The number of hydrogen-bond donors (Lipinski definition) is 13. The normalized spacial score (nSPS) is 17.5. The fourth-order valence-corrected chi connectivity index (χ4v) is 18.5. The van der Waals surface area contributed by atoms with Crippen LogP contribution in [0.3, 0.4) is 0 Å². The summed E-state index contributed by atoms with van der Waals surface area (Å²) >= 11 is 3.17. The maximum Gasteiger partial charge on any atom is 0.410 e. The van der Waals surface area contributed by atoms with E-state index in [1.54, 1.807) is 18.7 Å². The summed E-state index contributed by atoms with van der Waals surface area (Å²) in [5.41, 5.74) is 30.4. The lowest BCUT2D eigenvalue weighted by atomic mass is 9.98. The third-order valence-electron chi connectivity index (χ3n) is 25.4. The van der Waals surface area contributed by atoms with Crippen LogP contribution in [-0.2, 0) is 83.5 Å². The van der Waals surface area contributed by atoms with E-state index in [0.717, 1.165) is 121 Å². The van der Waals surface area contributed by atoms with E-state index >= 15 is 0 Å². The second kappa shape index (κ2) is 63.2. The number of primary amides is 1. The zero-order valence-corrected chi connectivity index (χ0v) is 84.2. The van der Waals surface area contributed by atoms with Gasteiger partial charge in [-0.05, 0) is 184 Å². The number of halogens is 1. The van der Waals surface area contributed by atoms with Crippen LogP contribution in [0.5, 0.6) is 0 Å². The summed E-state index contributed by atoms with van der Waals surface area (Å²) in [6, 6.07) is 71.3. The Morgan fingerprint density at radius 2 is 0.709 bits per heavy atom. The van der Waals surface area contributed by atoms with Gasteiger partial charge in [-0.2, -0.15) is 0 Å². The first-order valence-corrected chi connectivity index (χ1v) is 51.1. The molecule has 5 aliphatic heterocycles. The number of nitrogens with zero attached hydrogens (tertiary/aromatic N) is 4. The number of ether oxygens (including phenoxy) is 4. The van der Waals surface area contributed by atoms with E-state index < -0.39 is 30.2 Å². The Kier molecular flexibility index (Phi) is 50.5. The van der Waals surface area contributed by atoms with E-state index in [2.05, 4.69) is 161 Å². The molecule has 5 saturated heterocycles. The summed E-state index contributed by atoms with van der Waals surface area (Å²) < 4.78 is 21.2. The monoisotopic (exact) mass is 2000 g/mol. The molecule has 8 atom stereocenters. The number of fused-ring (bicyclic) bond motifs is 6. The molecule has 7 aliphatic rings. The van der Waals surface area contributed by atoms with Crippen LogP contribution in [0, 0.1) is 0 Å². The minimum Gasteiger partial charge on any atom is -0.480 e. The van der Waals surface area contributed by atoms with Crippen molar-refractivity contribution >= 4 is 75.6 Å². The number of benzene rings is 8. The van der Waals surface area contributed by atoms with Crippen LogP contribution in [0.25, 0.3) is 22.3 Å². The molecule has 7 amide bonds. The van der Waals surface area contributed by atoms with E-state index in [1.807, 2.05) is 152 Å². The van der Waals surface area contributed by atoms with Crippen molar-refractivity contribution in [3.63, 3.8) is 0 Å². The molecule has 762 valence electrons. The molecule has 32 heteroatoms. The number of aliphatic carboxylic acids is 1. The summed E-state index contributed by atoms with van der Waals surface area (Å²) in [7, 11) is 0. The number of carboxylic acid groups (broad SMARTS) is 1. The molecule has 0 bridgehead atoms. The number of rotatable bonds is 40. The third-order valence-corrected chi connectivity index (χ3v) is 26.4. The largest absolute Gasteiger partial charge is 0.480 e. The van der Waals surface area contributed by atoms with Gasteiger partial charge in [0.1, 0.15) is 36.2 Å². The lowest BCUT2D eigenvalue weighted by Crippen LogP contribution is -2.52. The van der Waals surface area contributed by atoms with E-state index in [1.165, 1.54) is 60.5 Å². The fraction of sp³-hybridized carbons (Fsp3) is 0.468. The average Bonchev–Trinajstić information content (AvgIpc) is 1.59. The Hall–Kier alpha value is -11.8. The zero-order valence-electron chi connectivity index (χ0n) is 82.6. The van der Waals surface area contributed by atoms with Gasteiger partial charge in [0.2, 0.25) is 29.5 Å². The Balaban J connectivity index is 0.000000191. The standard InChI is InChI=1S/C29H31N3O3.C20H31N3O3.C20H19NO4.C14H21N3O.C11H22N4O2.C9H14N2.C6H11BrO2/c33-28(31-17-16-30-19-21-9-2-1-3-10-21)27-15-8-18-32(27)29(34)35-20-26-24-13-6-4-11-22(24)23-12-5-7-14-25(23)26;1-3-17(20(25)26-4-2)23-14-8-11-18(23)19(24)22-13-12-21-15-16-9-6-5-7-10-16;22-19(23)18-10-5-11-21(18)20(24)25-12-17-15-8-3-1-6-13(15)14-7-2-4-9-16(14)17;18-14(13-7-4-8-16-13)17-10-9-15-11-12-5-2-1-3-6-12;1-2-8(10(13)16)15-7-3-4-9(15)11(17)14-6-5-12;10-6-7-11-8-9-4-2-1-3-5-9;1-3-5(7)6(8)9-4-2/h1-7,9-14,26-27,30H,8,15-20H2,(H,31,33);5-7,9-10,17-18,21H,3-4,8,11-15H2,1-2H3,(H,22,24);1-4,6-9,17-18H,5,10-12H2,(H,22,23);1-3,5-6,13,15-16H,4,7-11H2,(H,17,18);8-9H,2-7,12H2,1H3,(H2,13,16)(H,14,17);1-5,11H,6-8,10H2;5H,3-4H2,1-2H3/t;17-,18?;;;8-,9?;;5-/m.0..0.1/s1. The van der Waals surface area contributed by atoms with Gasteiger partial charge in [0.15, 0.2) is 0 Å². The van der Waals surface area contributed by atoms with Crippen molar-refractivity contribution in [2.24, 2.45) is 17.2 Å². The van der Waals surface area contributed by atoms with Crippen molar-refractivity contribution in [1.82, 2.24) is 67.5 Å². The van der Waals surface area contributed by atoms with Crippen molar-refractivity contribution in [2.45, 2.75) is 203 Å². The Bertz CT molecular complexity index is 5020. The lowest BCUT2D eigenvalue weighted by Gasteiger charge is -2.30. The van der Waals surface area contributed by atoms with Crippen LogP contribution in [0.1, 0.15) is 174 Å². The van der Waals surface area contributed by atoms with Crippen molar-refractivity contribution in [3.05, 3.63) is 263 Å². The van der Waals surface area contributed by atoms with E-state index in [0.29, 0.717) is 111 Å². The van der Waals surface area contributed by atoms with Gasteiger partial charge in [0.05, 0.1) is 37.4 Å². The molecule has 16 N–H and O–H groups in total. The van der Waals surface area contributed by atoms with Gasteiger partial charge in [0.25, 0.3) is 0 Å². The SMILES string of the molecule is CCOC(=O)[C@H](Br)CC.CCOC(=O)[C@H](CC)N1CCCC1C(=O)NCCNCc1ccccc1.CC[C@@H](C(N)=O)N1CCCC1C(=O)NCCN.NCCNCc1ccccc1.O=C(NCCNCc1ccccc1)C1CCCN1.O=C(NCCNCc1ccccc1)C1CCCN1C(=O)OCC1c2ccccc2-c2ccccc21.O=C(O)C1CCCN1C(=O)OCC1c2ccccc2-c2ccccc21. The number of hydrogen-bond acceptors (Lipinski definition) is 23. The molecule has 31 nitrogen and oxygen atoms in total. The van der Waals surface area contributed by atoms with Gasteiger partial charge in [-0.3, -0.25) is 53.2 Å². The molecule has 0 saturated carbocycles. The Morgan fingerprint density at radius 1 is 0.376 bits per heavy atom. The highest BCUT2D eigenvalue weighted by molar-refractivity contribution is 9.10. The molecule has 5 fully saturated rings. The second-order valence-electron chi connectivity index (χ2n) is 35.1. The lowest BCUT2D eigenvalue weighted by molar-refractivity contribution is -0.151. The number of alkyl halides is 1. The molecule has 5 unspecified atom stereocenters. The molecular formula is C109H149BrN16O15. The first kappa shape index (κ1) is 113. The summed E-state index contributed by atoms with van der Waals surface area (Å²) in [6.45, 7) is 23.9. The average molecular weight is 2000 g/mol. The maximum absolute atomic E-state index is 13.0. The fourth-order valence-electron chi connectivity index (χ4n) is 18.3. The van der Waals surface area contributed by atoms with Crippen LogP contribution in [0.4, 0.5) is 9.59 Å². The van der Waals surface area contributed by atoms with Crippen molar-refractivity contribution in [3.8, 4) is 22.3 Å². The molecule has 8 aromatic rings.